The number of hydrogen-bond donors (Lipinski definition) is 1. The van der Waals surface area contributed by atoms with Crippen molar-refractivity contribution in [2.24, 2.45) is 0 Å². The maximum absolute atomic E-state index is 12.6. The maximum atomic E-state index is 12.6. The van der Waals surface area contributed by atoms with Crippen LogP contribution < -0.4 is 10.7 Å². The van der Waals surface area contributed by atoms with Crippen LogP contribution in [0, 0.1) is 0 Å². The summed E-state index contributed by atoms with van der Waals surface area (Å²) in [4.78, 5) is 28.6. The van der Waals surface area contributed by atoms with E-state index in [1.54, 1.807) is 35.6 Å². The van der Waals surface area contributed by atoms with Gasteiger partial charge in [0.1, 0.15) is 5.58 Å². The van der Waals surface area contributed by atoms with Crippen LogP contribution in [0.25, 0.3) is 11.0 Å². The third kappa shape index (κ3) is 3.96. The molecular weight excluding hydrogens is 360 g/mol. The molecule has 1 amide bonds. The summed E-state index contributed by atoms with van der Waals surface area (Å²) >= 11 is 1.71. The van der Waals surface area contributed by atoms with Crippen LogP contribution in [0.4, 0.5) is 0 Å². The summed E-state index contributed by atoms with van der Waals surface area (Å²) in [6.45, 7) is 2.59. The van der Waals surface area contributed by atoms with E-state index in [1.807, 2.05) is 6.07 Å². The van der Waals surface area contributed by atoms with Gasteiger partial charge < -0.3 is 9.73 Å². The molecule has 1 aliphatic heterocycles. The molecule has 0 aliphatic carbocycles. The van der Waals surface area contributed by atoms with Gasteiger partial charge in [-0.1, -0.05) is 24.6 Å². The lowest BCUT2D eigenvalue weighted by atomic mass is 10.1. The number of amides is 1. The van der Waals surface area contributed by atoms with Crippen LogP contribution in [0.15, 0.2) is 57.1 Å². The zero-order valence-corrected chi connectivity index (χ0v) is 15.8. The second-order valence-corrected chi connectivity index (χ2v) is 7.79. The van der Waals surface area contributed by atoms with E-state index in [1.165, 1.54) is 30.2 Å². The Balaban J connectivity index is 1.52. The summed E-state index contributed by atoms with van der Waals surface area (Å²) in [6.07, 6.45) is 3.65. The third-order valence-corrected chi connectivity index (χ3v) is 5.99. The van der Waals surface area contributed by atoms with Gasteiger partial charge in [0.05, 0.1) is 11.4 Å². The van der Waals surface area contributed by atoms with Gasteiger partial charge >= 0.3 is 0 Å². The van der Waals surface area contributed by atoms with Gasteiger partial charge in [-0.25, -0.2) is 0 Å². The van der Waals surface area contributed by atoms with Crippen LogP contribution >= 0.6 is 11.3 Å². The second-order valence-electron chi connectivity index (χ2n) is 6.81. The van der Waals surface area contributed by atoms with E-state index in [9.17, 15) is 9.59 Å². The van der Waals surface area contributed by atoms with Gasteiger partial charge in [-0.3, -0.25) is 14.5 Å². The number of para-hydroxylation sites is 1. The molecule has 4 rings (SSSR count). The molecule has 0 radical (unpaired) electrons. The zero-order valence-electron chi connectivity index (χ0n) is 15.0. The highest BCUT2D eigenvalue weighted by molar-refractivity contribution is 7.10. The summed E-state index contributed by atoms with van der Waals surface area (Å²) in [5, 5.41) is 5.52. The van der Waals surface area contributed by atoms with E-state index in [-0.39, 0.29) is 23.1 Å². The Hall–Kier alpha value is -2.44. The quantitative estimate of drug-likeness (QED) is 0.729. The molecule has 0 unspecified atom stereocenters. The first-order chi connectivity index (χ1) is 13.2. The minimum Gasteiger partial charge on any atom is -0.451 e. The summed E-state index contributed by atoms with van der Waals surface area (Å²) in [7, 11) is 0. The molecule has 27 heavy (non-hydrogen) atoms. The average Bonchev–Trinajstić information content (AvgIpc) is 3.23. The van der Waals surface area contributed by atoms with E-state index in [0.717, 1.165) is 13.1 Å². The molecule has 1 saturated heterocycles. The average molecular weight is 382 g/mol. The first-order valence-corrected chi connectivity index (χ1v) is 10.2. The SMILES string of the molecule is O=C(NC[C@H](c1cccs1)N1CCCCC1)c1cc(=O)c2ccccc2o1. The lowest BCUT2D eigenvalue weighted by Gasteiger charge is -2.34. The Kier molecular flexibility index (Phi) is 5.36. The number of carbonyl (C=O) groups is 1. The Labute approximate surface area is 161 Å². The molecule has 3 aromatic rings. The van der Waals surface area contributed by atoms with Gasteiger partial charge in [0, 0.05) is 17.5 Å². The fraction of sp³-hybridized carbons (Fsp3) is 0.333. The molecule has 0 spiro atoms. The third-order valence-electron chi connectivity index (χ3n) is 5.02. The van der Waals surface area contributed by atoms with E-state index < -0.39 is 0 Å². The Bertz CT molecular complexity index is 975. The highest BCUT2D eigenvalue weighted by Crippen LogP contribution is 2.27. The topological polar surface area (TPSA) is 62.6 Å². The van der Waals surface area contributed by atoms with Crippen LogP contribution in [0.5, 0.6) is 0 Å². The van der Waals surface area contributed by atoms with Crippen molar-refractivity contribution < 1.29 is 9.21 Å². The number of thiophene rings is 1. The van der Waals surface area contributed by atoms with Crippen LogP contribution in [0.2, 0.25) is 0 Å². The van der Waals surface area contributed by atoms with Gasteiger partial charge in [-0.05, 0) is 49.5 Å². The van der Waals surface area contributed by atoms with Crippen molar-refractivity contribution >= 4 is 28.2 Å². The molecule has 2 aromatic heterocycles. The fourth-order valence-electron chi connectivity index (χ4n) is 3.61. The minimum absolute atomic E-state index is 0.0577. The van der Waals surface area contributed by atoms with Crippen molar-refractivity contribution in [3.05, 3.63) is 68.7 Å². The largest absolute Gasteiger partial charge is 0.451 e. The van der Waals surface area contributed by atoms with Crippen molar-refractivity contribution in [3.8, 4) is 0 Å². The predicted molar refractivity (Wildman–Crippen MR) is 107 cm³/mol. The smallest absolute Gasteiger partial charge is 0.287 e. The monoisotopic (exact) mass is 382 g/mol. The van der Waals surface area contributed by atoms with E-state index >= 15 is 0 Å². The molecule has 1 N–H and O–H groups in total. The first kappa shape index (κ1) is 17.9. The van der Waals surface area contributed by atoms with Crippen LogP contribution in [-0.2, 0) is 0 Å². The van der Waals surface area contributed by atoms with Crippen LogP contribution in [0.3, 0.4) is 0 Å². The van der Waals surface area contributed by atoms with E-state index in [4.69, 9.17) is 4.42 Å². The number of likely N-dealkylation sites (tertiary alicyclic amines) is 1. The van der Waals surface area contributed by atoms with Crippen LogP contribution in [-0.4, -0.2) is 30.4 Å². The van der Waals surface area contributed by atoms with Crippen molar-refractivity contribution in [1.82, 2.24) is 10.2 Å². The summed E-state index contributed by atoms with van der Waals surface area (Å²) in [5.74, 6) is -0.293. The Morgan fingerprint density at radius 1 is 1.15 bits per heavy atom. The number of hydrogen-bond acceptors (Lipinski definition) is 5. The van der Waals surface area contributed by atoms with Gasteiger partial charge in [0.2, 0.25) is 0 Å². The van der Waals surface area contributed by atoms with Crippen molar-refractivity contribution in [2.45, 2.75) is 25.3 Å². The Morgan fingerprint density at radius 3 is 2.74 bits per heavy atom. The number of benzene rings is 1. The minimum atomic E-state index is -0.351. The number of fused-ring (bicyclic) bond motifs is 1. The van der Waals surface area contributed by atoms with E-state index in [0.29, 0.717) is 17.5 Å². The zero-order chi connectivity index (χ0) is 18.6. The molecule has 140 valence electrons. The highest BCUT2D eigenvalue weighted by Gasteiger charge is 2.24. The number of nitrogens with zero attached hydrogens (tertiary/aromatic N) is 1. The molecule has 5 nitrogen and oxygen atoms in total. The predicted octanol–water partition coefficient (Wildman–Crippen LogP) is 3.81. The van der Waals surface area contributed by atoms with Gasteiger partial charge in [-0.2, -0.15) is 0 Å². The lowest BCUT2D eigenvalue weighted by molar-refractivity contribution is 0.0899. The van der Waals surface area contributed by atoms with Gasteiger partial charge in [-0.15, -0.1) is 11.3 Å². The normalized spacial score (nSPS) is 16.3. The Morgan fingerprint density at radius 2 is 1.96 bits per heavy atom. The molecule has 1 aromatic carbocycles. The fourth-order valence-corrected chi connectivity index (χ4v) is 4.47. The molecular formula is C21H22N2O3S. The van der Waals surface area contributed by atoms with Crippen molar-refractivity contribution in [2.75, 3.05) is 19.6 Å². The first-order valence-electron chi connectivity index (χ1n) is 9.31. The number of rotatable bonds is 5. The molecule has 0 bridgehead atoms. The van der Waals surface area contributed by atoms with Gasteiger partial charge in [0.25, 0.3) is 5.91 Å². The van der Waals surface area contributed by atoms with E-state index in [2.05, 4.69) is 21.7 Å². The van der Waals surface area contributed by atoms with Crippen molar-refractivity contribution in [1.29, 1.82) is 0 Å². The van der Waals surface area contributed by atoms with Crippen LogP contribution in [0.1, 0.15) is 40.7 Å². The molecule has 1 atom stereocenters. The number of piperidine rings is 1. The molecule has 3 heterocycles. The summed E-state index contributed by atoms with van der Waals surface area (Å²) < 4.78 is 5.65. The summed E-state index contributed by atoms with van der Waals surface area (Å²) in [6, 6.07) is 12.6. The van der Waals surface area contributed by atoms with Gasteiger partial charge in [0.15, 0.2) is 11.2 Å². The second kappa shape index (κ2) is 8.06. The number of nitrogens with one attached hydrogen (secondary N) is 1. The molecule has 1 aliphatic rings. The molecule has 0 saturated carbocycles. The van der Waals surface area contributed by atoms with Crippen molar-refractivity contribution in [3.63, 3.8) is 0 Å². The standard InChI is InChI=1S/C21H22N2O3S/c24-17-13-19(26-18-8-3-2-7-15(17)18)21(25)22-14-16(20-9-6-12-27-20)23-10-4-1-5-11-23/h2-3,6-9,12-13,16H,1,4-5,10-11,14H2,(H,22,25)/t16-/m1/s1. The lowest BCUT2D eigenvalue weighted by Crippen LogP contribution is -2.40. The highest BCUT2D eigenvalue weighted by atomic mass is 32.1. The maximum Gasteiger partial charge on any atom is 0.287 e. The number of carbonyl (C=O) groups excluding carboxylic acids is 1. The molecule has 6 heteroatoms. The summed E-state index contributed by atoms with van der Waals surface area (Å²) in [5.41, 5.74) is 0.230. The molecule has 1 fully saturated rings.